The molecular formula is C14H24O3S. The van der Waals surface area contributed by atoms with Crippen LogP contribution in [0.25, 0.3) is 0 Å². The number of ether oxygens (including phenoxy) is 1. The number of hydrogen-bond donors (Lipinski definition) is 0. The van der Waals surface area contributed by atoms with E-state index in [2.05, 4.69) is 6.92 Å². The maximum absolute atomic E-state index is 11.8. The first-order valence-corrected chi connectivity index (χ1v) is 8.87. The van der Waals surface area contributed by atoms with E-state index in [0.717, 1.165) is 32.1 Å². The lowest BCUT2D eigenvalue weighted by molar-refractivity contribution is 0.107. The molecule has 0 bridgehead atoms. The normalized spacial score (nSPS) is 31.3. The van der Waals surface area contributed by atoms with Gasteiger partial charge in [0.15, 0.2) is 9.84 Å². The van der Waals surface area contributed by atoms with Crippen LogP contribution in [0.4, 0.5) is 0 Å². The Bertz CT molecular complexity index is 403. The van der Waals surface area contributed by atoms with Gasteiger partial charge in [-0.25, -0.2) is 8.42 Å². The van der Waals surface area contributed by atoms with E-state index in [1.54, 1.807) is 0 Å². The fourth-order valence-electron chi connectivity index (χ4n) is 3.06. The van der Waals surface area contributed by atoms with Gasteiger partial charge in [0, 0.05) is 5.41 Å². The molecule has 2 rings (SSSR count). The average molecular weight is 272 g/mol. The highest BCUT2D eigenvalue weighted by molar-refractivity contribution is 7.91. The third-order valence-electron chi connectivity index (χ3n) is 4.32. The van der Waals surface area contributed by atoms with Crippen LogP contribution in [0.1, 0.15) is 51.9 Å². The Balaban J connectivity index is 1.93. The minimum atomic E-state index is -2.85. The van der Waals surface area contributed by atoms with Crippen molar-refractivity contribution in [2.75, 3.05) is 18.1 Å². The van der Waals surface area contributed by atoms with Gasteiger partial charge in [0.25, 0.3) is 0 Å². The molecule has 3 nitrogen and oxygen atoms in total. The van der Waals surface area contributed by atoms with Crippen molar-refractivity contribution >= 4 is 9.84 Å². The van der Waals surface area contributed by atoms with Crippen LogP contribution in [-0.2, 0) is 14.6 Å². The summed E-state index contributed by atoms with van der Waals surface area (Å²) < 4.78 is 29.3. The van der Waals surface area contributed by atoms with Crippen molar-refractivity contribution in [1.29, 1.82) is 0 Å². The fourth-order valence-corrected chi connectivity index (χ4v) is 5.15. The molecule has 1 atom stereocenters. The van der Waals surface area contributed by atoms with Crippen LogP contribution in [-0.4, -0.2) is 26.5 Å². The van der Waals surface area contributed by atoms with E-state index in [1.165, 1.54) is 18.4 Å². The molecule has 2 aliphatic rings. The second-order valence-electron chi connectivity index (χ2n) is 5.84. The fraction of sp³-hybridized carbons (Fsp3) is 0.857. The quantitative estimate of drug-likeness (QED) is 0.739. The molecule has 4 heteroatoms. The molecule has 1 aliphatic carbocycles. The van der Waals surface area contributed by atoms with E-state index in [9.17, 15) is 8.42 Å². The summed E-state index contributed by atoms with van der Waals surface area (Å²) in [5.74, 6) is 0.662. The van der Waals surface area contributed by atoms with Gasteiger partial charge in [0.1, 0.15) is 0 Å². The van der Waals surface area contributed by atoms with E-state index in [-0.39, 0.29) is 5.41 Å². The predicted molar refractivity (Wildman–Crippen MR) is 73.1 cm³/mol. The summed E-state index contributed by atoms with van der Waals surface area (Å²) in [4.78, 5) is 0. The predicted octanol–water partition coefficient (Wildman–Crippen LogP) is 3.07. The Hall–Kier alpha value is -0.510. The van der Waals surface area contributed by atoms with Crippen LogP contribution >= 0.6 is 0 Å². The minimum Gasteiger partial charge on any atom is -0.501 e. The highest BCUT2D eigenvalue weighted by Crippen LogP contribution is 2.35. The van der Waals surface area contributed by atoms with Crippen LogP contribution in [0.15, 0.2) is 11.8 Å². The first-order valence-electron chi connectivity index (χ1n) is 7.05. The van der Waals surface area contributed by atoms with Crippen LogP contribution in [0.2, 0.25) is 0 Å². The van der Waals surface area contributed by atoms with Crippen molar-refractivity contribution in [3.8, 4) is 0 Å². The third kappa shape index (κ3) is 3.50. The highest BCUT2D eigenvalue weighted by atomic mass is 32.2. The standard InChI is InChI=1S/C14H24O3S/c1-2-14(8-5-9-18(15,16)12-14)11-17-10-13-6-3-4-7-13/h10H,2-9,11-12H2,1H3. The smallest absolute Gasteiger partial charge is 0.150 e. The van der Waals surface area contributed by atoms with Gasteiger partial charge < -0.3 is 4.74 Å². The lowest BCUT2D eigenvalue weighted by atomic mass is 9.83. The van der Waals surface area contributed by atoms with Gasteiger partial charge in [-0.2, -0.15) is 0 Å². The van der Waals surface area contributed by atoms with Crippen molar-refractivity contribution in [1.82, 2.24) is 0 Å². The molecule has 18 heavy (non-hydrogen) atoms. The van der Waals surface area contributed by atoms with Gasteiger partial charge in [0.2, 0.25) is 0 Å². The molecule has 0 aromatic carbocycles. The number of rotatable bonds is 4. The third-order valence-corrected chi connectivity index (χ3v) is 6.29. The Labute approximate surface area is 111 Å². The van der Waals surface area contributed by atoms with Gasteiger partial charge in [0.05, 0.1) is 24.4 Å². The van der Waals surface area contributed by atoms with Gasteiger partial charge in [-0.3, -0.25) is 0 Å². The Kier molecular flexibility index (Phi) is 4.36. The summed E-state index contributed by atoms with van der Waals surface area (Å²) in [5, 5.41) is 0. The molecule has 0 spiro atoms. The monoisotopic (exact) mass is 272 g/mol. The SMILES string of the molecule is CCC1(COC=C2CCCC2)CCCS(=O)(=O)C1. The first kappa shape index (κ1) is 13.9. The van der Waals surface area contributed by atoms with Crippen LogP contribution in [0.5, 0.6) is 0 Å². The van der Waals surface area contributed by atoms with Gasteiger partial charge in [-0.15, -0.1) is 0 Å². The summed E-state index contributed by atoms with van der Waals surface area (Å²) in [6.07, 6.45) is 9.38. The summed E-state index contributed by atoms with van der Waals surface area (Å²) in [6.45, 7) is 2.64. The highest BCUT2D eigenvalue weighted by Gasteiger charge is 2.38. The molecule has 0 N–H and O–H groups in total. The van der Waals surface area contributed by atoms with E-state index in [1.807, 2.05) is 6.26 Å². The summed E-state index contributed by atoms with van der Waals surface area (Å²) in [7, 11) is -2.85. The Morgan fingerprint density at radius 3 is 2.61 bits per heavy atom. The Morgan fingerprint density at radius 1 is 1.28 bits per heavy atom. The van der Waals surface area contributed by atoms with Crippen molar-refractivity contribution in [2.45, 2.75) is 51.9 Å². The maximum Gasteiger partial charge on any atom is 0.150 e. The number of hydrogen-bond acceptors (Lipinski definition) is 3. The molecular weight excluding hydrogens is 248 g/mol. The van der Waals surface area contributed by atoms with E-state index >= 15 is 0 Å². The summed E-state index contributed by atoms with van der Waals surface area (Å²) in [5.41, 5.74) is 1.24. The molecule has 1 unspecified atom stereocenters. The molecule has 0 aromatic rings. The summed E-state index contributed by atoms with van der Waals surface area (Å²) in [6, 6.07) is 0. The van der Waals surface area contributed by atoms with Gasteiger partial charge >= 0.3 is 0 Å². The van der Waals surface area contributed by atoms with Gasteiger partial charge in [-0.05, 0) is 50.5 Å². The van der Waals surface area contributed by atoms with Crippen molar-refractivity contribution in [3.63, 3.8) is 0 Å². The molecule has 1 saturated carbocycles. The molecule has 0 radical (unpaired) electrons. The molecule has 1 heterocycles. The van der Waals surface area contributed by atoms with E-state index in [4.69, 9.17) is 4.74 Å². The maximum atomic E-state index is 11.8. The largest absolute Gasteiger partial charge is 0.501 e. The molecule has 1 saturated heterocycles. The summed E-state index contributed by atoms with van der Waals surface area (Å²) >= 11 is 0. The second-order valence-corrected chi connectivity index (χ2v) is 8.03. The number of allylic oxidation sites excluding steroid dienone is 1. The molecule has 2 fully saturated rings. The lowest BCUT2D eigenvalue weighted by Gasteiger charge is -2.35. The Morgan fingerprint density at radius 2 is 2.00 bits per heavy atom. The van der Waals surface area contributed by atoms with Crippen molar-refractivity contribution < 1.29 is 13.2 Å². The topological polar surface area (TPSA) is 43.4 Å². The van der Waals surface area contributed by atoms with Gasteiger partial charge in [-0.1, -0.05) is 6.92 Å². The van der Waals surface area contributed by atoms with Crippen LogP contribution < -0.4 is 0 Å². The van der Waals surface area contributed by atoms with Crippen molar-refractivity contribution in [3.05, 3.63) is 11.8 Å². The van der Waals surface area contributed by atoms with Crippen LogP contribution in [0.3, 0.4) is 0 Å². The van der Waals surface area contributed by atoms with Crippen molar-refractivity contribution in [2.24, 2.45) is 5.41 Å². The first-order chi connectivity index (χ1) is 8.55. The average Bonchev–Trinajstić information content (AvgIpc) is 2.81. The second kappa shape index (κ2) is 5.64. The molecule has 1 aliphatic heterocycles. The molecule has 104 valence electrons. The van der Waals surface area contributed by atoms with E-state index < -0.39 is 9.84 Å². The van der Waals surface area contributed by atoms with Crippen LogP contribution in [0, 0.1) is 5.41 Å². The zero-order valence-electron chi connectivity index (χ0n) is 11.3. The lowest BCUT2D eigenvalue weighted by Crippen LogP contribution is -2.39. The molecule has 0 amide bonds. The zero-order chi connectivity index (χ0) is 13.1. The van der Waals surface area contributed by atoms with E-state index in [0.29, 0.717) is 18.1 Å². The number of sulfone groups is 1. The molecule has 0 aromatic heterocycles. The minimum absolute atomic E-state index is 0.146. The zero-order valence-corrected chi connectivity index (χ0v) is 12.1.